The summed E-state index contributed by atoms with van der Waals surface area (Å²) in [5.74, 6) is -4.10. The smallest absolute Gasteiger partial charge is 0.387 e. The van der Waals surface area contributed by atoms with Gasteiger partial charge >= 0.3 is 6.61 Å². The number of hydrogen-bond acceptors (Lipinski definition) is 4. The topological polar surface area (TPSA) is 73.6 Å². The van der Waals surface area contributed by atoms with E-state index < -0.39 is 46.1 Å². The summed E-state index contributed by atoms with van der Waals surface area (Å²) in [5, 5.41) is 2.89. The Morgan fingerprint density at radius 1 is 1.16 bits per heavy atom. The fraction of sp³-hybridized carbons (Fsp3) is 0.296. The van der Waals surface area contributed by atoms with Crippen molar-refractivity contribution in [1.29, 1.82) is 0 Å². The molecule has 0 aliphatic carbocycles. The predicted molar refractivity (Wildman–Crippen MR) is 132 cm³/mol. The summed E-state index contributed by atoms with van der Waals surface area (Å²) in [6.45, 7) is 2.86. The Balaban J connectivity index is 1.96. The highest BCUT2D eigenvalue weighted by Gasteiger charge is 2.44. The molecule has 1 unspecified atom stereocenters. The lowest BCUT2D eigenvalue weighted by Gasteiger charge is -2.33. The molecule has 1 atom stereocenters. The Bertz CT molecular complexity index is 1350. The van der Waals surface area contributed by atoms with Gasteiger partial charge in [-0.05, 0) is 38.5 Å². The van der Waals surface area contributed by atoms with Gasteiger partial charge in [0.25, 0.3) is 0 Å². The van der Waals surface area contributed by atoms with Crippen LogP contribution >= 0.6 is 11.6 Å². The number of carbonyl (C=O) groups is 1. The molecule has 5 nitrogen and oxygen atoms in total. The highest BCUT2D eigenvalue weighted by molar-refractivity contribution is 6.34. The SMILES string of the molecule is CC(C)(C)NCC1(c2ccccc2)Cc2c(cc(F)c(Cl)c2-c2c(C(N)=O)ccc(OC(F)F)c2F)O1. The van der Waals surface area contributed by atoms with Gasteiger partial charge in [-0.15, -0.1) is 0 Å². The van der Waals surface area contributed by atoms with Crippen molar-refractivity contribution in [2.75, 3.05) is 6.54 Å². The molecule has 0 spiro atoms. The molecule has 10 heteroatoms. The normalized spacial score (nSPS) is 17.0. The number of primary amides is 1. The minimum absolute atomic E-state index is 0.0754. The second-order valence-electron chi connectivity index (χ2n) is 9.81. The molecule has 1 amide bonds. The maximum absolute atomic E-state index is 15.6. The monoisotopic (exact) mass is 536 g/mol. The molecule has 196 valence electrons. The van der Waals surface area contributed by atoms with Gasteiger partial charge in [0.2, 0.25) is 5.91 Å². The highest BCUT2D eigenvalue weighted by Crippen LogP contribution is 2.50. The Morgan fingerprint density at radius 3 is 2.43 bits per heavy atom. The van der Waals surface area contributed by atoms with Crippen molar-refractivity contribution in [3.63, 3.8) is 0 Å². The first-order valence-electron chi connectivity index (χ1n) is 11.4. The number of fused-ring (bicyclic) bond motifs is 1. The number of nitrogens with one attached hydrogen (secondary N) is 1. The van der Waals surface area contributed by atoms with E-state index in [2.05, 4.69) is 10.1 Å². The van der Waals surface area contributed by atoms with Crippen molar-refractivity contribution in [2.45, 2.75) is 44.9 Å². The molecule has 3 aromatic carbocycles. The van der Waals surface area contributed by atoms with Crippen LogP contribution in [-0.2, 0) is 12.0 Å². The summed E-state index contributed by atoms with van der Waals surface area (Å²) in [4.78, 5) is 12.2. The first kappa shape index (κ1) is 26.8. The van der Waals surface area contributed by atoms with E-state index in [-0.39, 0.29) is 35.4 Å². The number of halogens is 5. The van der Waals surface area contributed by atoms with Crippen molar-refractivity contribution in [3.05, 3.63) is 81.9 Å². The van der Waals surface area contributed by atoms with Crippen LogP contribution in [0.25, 0.3) is 11.1 Å². The van der Waals surface area contributed by atoms with Gasteiger partial charge in [0.15, 0.2) is 17.2 Å². The summed E-state index contributed by atoms with van der Waals surface area (Å²) < 4.78 is 67.3. The van der Waals surface area contributed by atoms with E-state index in [1.54, 1.807) is 0 Å². The molecule has 3 aromatic rings. The molecule has 0 bridgehead atoms. The third-order valence-electron chi connectivity index (χ3n) is 6.10. The van der Waals surface area contributed by atoms with Gasteiger partial charge in [0, 0.05) is 41.3 Å². The Kier molecular flexibility index (Phi) is 7.14. The molecule has 0 saturated heterocycles. The van der Waals surface area contributed by atoms with Gasteiger partial charge in [-0.2, -0.15) is 8.78 Å². The van der Waals surface area contributed by atoms with E-state index in [1.165, 1.54) is 0 Å². The lowest BCUT2D eigenvalue weighted by molar-refractivity contribution is -0.0521. The van der Waals surface area contributed by atoms with Crippen LogP contribution < -0.4 is 20.5 Å². The number of ether oxygens (including phenoxy) is 2. The standard InChI is InChI=1S/C27H25ClF4N2O3/c1-26(2,3)34-13-27(14-7-5-4-6-8-14)12-16-19(37-27)11-17(29)22(28)20(16)21-15(24(33)35)9-10-18(23(21)30)36-25(31)32/h4-11,25,34H,12-13H2,1-3H3,(H2,33,35). The number of carbonyl (C=O) groups excluding carboxylic acids is 1. The number of nitrogens with two attached hydrogens (primary N) is 1. The fourth-order valence-corrected chi connectivity index (χ4v) is 4.67. The first-order valence-corrected chi connectivity index (χ1v) is 11.8. The average Bonchev–Trinajstić information content (AvgIpc) is 3.19. The Labute approximate surface area is 216 Å². The lowest BCUT2D eigenvalue weighted by Crippen LogP contribution is -2.48. The van der Waals surface area contributed by atoms with Crippen molar-refractivity contribution in [3.8, 4) is 22.6 Å². The molecule has 4 rings (SSSR count). The van der Waals surface area contributed by atoms with Crippen LogP contribution in [0.4, 0.5) is 17.6 Å². The van der Waals surface area contributed by atoms with Gasteiger partial charge < -0.3 is 20.5 Å². The highest BCUT2D eigenvalue weighted by atomic mass is 35.5. The van der Waals surface area contributed by atoms with Gasteiger partial charge in [0.05, 0.1) is 10.6 Å². The van der Waals surface area contributed by atoms with E-state index in [1.807, 2.05) is 51.1 Å². The first-order chi connectivity index (χ1) is 17.3. The van der Waals surface area contributed by atoms with Crippen LogP contribution in [0.15, 0.2) is 48.5 Å². The van der Waals surface area contributed by atoms with E-state index in [4.69, 9.17) is 22.1 Å². The zero-order valence-electron chi connectivity index (χ0n) is 20.3. The number of amides is 1. The van der Waals surface area contributed by atoms with Crippen molar-refractivity contribution >= 4 is 17.5 Å². The van der Waals surface area contributed by atoms with Crippen LogP contribution in [0.3, 0.4) is 0 Å². The Morgan fingerprint density at radius 2 is 1.84 bits per heavy atom. The van der Waals surface area contributed by atoms with Crippen LogP contribution in [0.2, 0.25) is 5.02 Å². The van der Waals surface area contributed by atoms with Crippen LogP contribution in [-0.4, -0.2) is 24.6 Å². The van der Waals surface area contributed by atoms with Crippen LogP contribution in [0.1, 0.15) is 42.3 Å². The summed E-state index contributed by atoms with van der Waals surface area (Å²) in [7, 11) is 0. The van der Waals surface area contributed by atoms with Crippen molar-refractivity contribution < 1.29 is 31.8 Å². The maximum atomic E-state index is 15.6. The summed E-state index contributed by atoms with van der Waals surface area (Å²) in [6, 6.07) is 12.2. The molecule has 1 aliphatic rings. The Hall–Kier alpha value is -3.30. The molecule has 3 N–H and O–H groups in total. The molecule has 37 heavy (non-hydrogen) atoms. The third kappa shape index (κ3) is 5.24. The van der Waals surface area contributed by atoms with Crippen molar-refractivity contribution in [2.24, 2.45) is 5.73 Å². The quantitative estimate of drug-likeness (QED) is 0.352. The summed E-state index contributed by atoms with van der Waals surface area (Å²) >= 11 is 6.35. The lowest BCUT2D eigenvalue weighted by atomic mass is 9.84. The number of rotatable bonds is 7. The zero-order chi connectivity index (χ0) is 27.1. The average molecular weight is 537 g/mol. The molecular weight excluding hydrogens is 512 g/mol. The molecule has 0 aromatic heterocycles. The van der Waals surface area contributed by atoms with Gasteiger partial charge in [-0.25, -0.2) is 8.78 Å². The molecular formula is C27H25ClF4N2O3. The van der Waals surface area contributed by atoms with Gasteiger partial charge in [-0.3, -0.25) is 4.79 Å². The fourth-order valence-electron chi connectivity index (χ4n) is 4.41. The van der Waals surface area contributed by atoms with E-state index in [0.717, 1.165) is 23.8 Å². The summed E-state index contributed by atoms with van der Waals surface area (Å²) in [6.07, 6.45) is 0.0995. The largest absolute Gasteiger partial charge is 0.480 e. The maximum Gasteiger partial charge on any atom is 0.387 e. The summed E-state index contributed by atoms with van der Waals surface area (Å²) in [5.41, 5.74) is 4.04. The molecule has 0 fully saturated rings. The minimum Gasteiger partial charge on any atom is -0.480 e. The van der Waals surface area contributed by atoms with E-state index >= 15 is 8.78 Å². The molecule has 0 radical (unpaired) electrons. The van der Waals surface area contributed by atoms with Crippen LogP contribution in [0, 0.1) is 11.6 Å². The predicted octanol–water partition coefficient (Wildman–Crippen LogP) is 6.20. The second-order valence-corrected chi connectivity index (χ2v) is 10.2. The second kappa shape index (κ2) is 9.87. The van der Waals surface area contributed by atoms with E-state index in [9.17, 15) is 13.6 Å². The third-order valence-corrected chi connectivity index (χ3v) is 6.47. The van der Waals surface area contributed by atoms with Crippen molar-refractivity contribution in [1.82, 2.24) is 5.32 Å². The van der Waals surface area contributed by atoms with E-state index in [0.29, 0.717) is 5.56 Å². The minimum atomic E-state index is -3.34. The molecule has 0 saturated carbocycles. The van der Waals surface area contributed by atoms with Gasteiger partial charge in [-0.1, -0.05) is 41.9 Å². The molecule has 1 heterocycles. The zero-order valence-corrected chi connectivity index (χ0v) is 21.1. The van der Waals surface area contributed by atoms with Crippen LogP contribution in [0.5, 0.6) is 11.5 Å². The number of alkyl halides is 2. The number of hydrogen-bond donors (Lipinski definition) is 2. The number of benzene rings is 3. The van der Waals surface area contributed by atoms with Gasteiger partial charge in [0.1, 0.15) is 11.6 Å². The molecule has 1 aliphatic heterocycles.